The van der Waals surface area contributed by atoms with Crippen molar-refractivity contribution in [1.29, 1.82) is 0 Å². The fraction of sp³-hybridized carbons (Fsp3) is 0.0714. The van der Waals surface area contributed by atoms with Crippen molar-refractivity contribution in [2.45, 2.75) is 6.54 Å². The first-order chi connectivity index (χ1) is 9.99. The molecule has 0 saturated heterocycles. The molecular formula is C14H12FN3O3. The first kappa shape index (κ1) is 14.4. The molecule has 0 aromatic heterocycles. The average molecular weight is 289 g/mol. The van der Waals surface area contributed by atoms with E-state index >= 15 is 0 Å². The molecule has 21 heavy (non-hydrogen) atoms. The Balaban J connectivity index is 2.15. The monoisotopic (exact) mass is 289 g/mol. The normalized spacial score (nSPS) is 10.1. The Morgan fingerprint density at radius 3 is 2.67 bits per heavy atom. The molecule has 3 N–H and O–H groups in total. The van der Waals surface area contributed by atoms with E-state index in [1.165, 1.54) is 24.3 Å². The van der Waals surface area contributed by atoms with Crippen LogP contribution in [0.1, 0.15) is 15.9 Å². The molecule has 2 rings (SSSR count). The summed E-state index contributed by atoms with van der Waals surface area (Å²) in [7, 11) is 0. The second-order valence-electron chi connectivity index (χ2n) is 4.30. The Kier molecular flexibility index (Phi) is 4.13. The molecule has 2 aromatic rings. The van der Waals surface area contributed by atoms with Gasteiger partial charge in [-0.3, -0.25) is 14.9 Å². The summed E-state index contributed by atoms with van der Waals surface area (Å²) in [6.07, 6.45) is 0. The van der Waals surface area contributed by atoms with E-state index in [0.29, 0.717) is 5.56 Å². The molecule has 0 spiro atoms. The summed E-state index contributed by atoms with van der Waals surface area (Å²) in [6.45, 7) is -0.0341. The standard InChI is InChI=1S/C14H12FN3O3/c15-12-4-2-1-3-9(12)8-17-14(19)11-7-10(18(20)21)5-6-13(11)16/h1-7H,8,16H2,(H,17,19). The van der Waals surface area contributed by atoms with Gasteiger partial charge in [0.05, 0.1) is 10.5 Å². The van der Waals surface area contributed by atoms with E-state index in [-0.39, 0.29) is 23.5 Å². The quantitative estimate of drug-likeness (QED) is 0.512. The zero-order valence-corrected chi connectivity index (χ0v) is 10.9. The van der Waals surface area contributed by atoms with Gasteiger partial charge in [-0.15, -0.1) is 0 Å². The van der Waals surface area contributed by atoms with E-state index in [1.807, 2.05) is 0 Å². The molecule has 2 aromatic carbocycles. The number of carbonyl (C=O) groups excluding carboxylic acids is 1. The lowest BCUT2D eigenvalue weighted by Crippen LogP contribution is -2.24. The average Bonchev–Trinajstić information content (AvgIpc) is 2.46. The van der Waals surface area contributed by atoms with Crippen LogP contribution >= 0.6 is 0 Å². The summed E-state index contributed by atoms with van der Waals surface area (Å²) in [5, 5.41) is 13.2. The van der Waals surface area contributed by atoms with Crippen LogP contribution in [0.4, 0.5) is 15.8 Å². The summed E-state index contributed by atoms with van der Waals surface area (Å²) < 4.78 is 13.4. The number of nitrogens with one attached hydrogen (secondary N) is 1. The number of hydrogen-bond donors (Lipinski definition) is 2. The Morgan fingerprint density at radius 2 is 2.00 bits per heavy atom. The van der Waals surface area contributed by atoms with Crippen molar-refractivity contribution in [1.82, 2.24) is 5.32 Å². The fourth-order valence-corrected chi connectivity index (χ4v) is 1.77. The Labute approximate surface area is 119 Å². The van der Waals surface area contributed by atoms with Gasteiger partial charge >= 0.3 is 0 Å². The smallest absolute Gasteiger partial charge is 0.270 e. The number of nitrogens with zero attached hydrogens (tertiary/aromatic N) is 1. The number of rotatable bonds is 4. The number of benzene rings is 2. The van der Waals surface area contributed by atoms with Crippen molar-refractivity contribution < 1.29 is 14.1 Å². The van der Waals surface area contributed by atoms with Crippen molar-refractivity contribution in [2.24, 2.45) is 0 Å². The van der Waals surface area contributed by atoms with E-state index in [1.54, 1.807) is 12.1 Å². The highest BCUT2D eigenvalue weighted by Crippen LogP contribution is 2.19. The molecule has 0 radical (unpaired) electrons. The van der Waals surface area contributed by atoms with E-state index in [0.717, 1.165) is 6.07 Å². The Bertz CT molecular complexity index is 704. The largest absolute Gasteiger partial charge is 0.398 e. The molecule has 0 fully saturated rings. The van der Waals surface area contributed by atoms with Gasteiger partial charge < -0.3 is 11.1 Å². The highest BCUT2D eigenvalue weighted by molar-refractivity contribution is 5.99. The zero-order valence-electron chi connectivity index (χ0n) is 10.9. The zero-order chi connectivity index (χ0) is 15.4. The molecule has 0 unspecified atom stereocenters. The van der Waals surface area contributed by atoms with Gasteiger partial charge in [0, 0.05) is 29.9 Å². The van der Waals surface area contributed by atoms with E-state index in [9.17, 15) is 19.3 Å². The minimum absolute atomic E-state index is 0.0134. The van der Waals surface area contributed by atoms with Crippen molar-refractivity contribution in [2.75, 3.05) is 5.73 Å². The van der Waals surface area contributed by atoms with Gasteiger partial charge in [0.25, 0.3) is 11.6 Å². The minimum Gasteiger partial charge on any atom is -0.398 e. The first-order valence-electron chi connectivity index (χ1n) is 6.04. The minimum atomic E-state index is -0.618. The number of nitro benzene ring substituents is 1. The van der Waals surface area contributed by atoms with Gasteiger partial charge in [-0.1, -0.05) is 18.2 Å². The number of nitrogens with two attached hydrogens (primary N) is 1. The highest BCUT2D eigenvalue weighted by atomic mass is 19.1. The number of nitrogen functional groups attached to an aromatic ring is 1. The summed E-state index contributed by atoms with van der Waals surface area (Å²) in [6, 6.07) is 9.59. The van der Waals surface area contributed by atoms with Crippen LogP contribution in [-0.4, -0.2) is 10.8 Å². The molecule has 0 atom stereocenters. The van der Waals surface area contributed by atoms with Crippen molar-refractivity contribution in [3.8, 4) is 0 Å². The topological polar surface area (TPSA) is 98.3 Å². The van der Waals surface area contributed by atoms with Crippen LogP contribution in [0.3, 0.4) is 0 Å². The fourth-order valence-electron chi connectivity index (χ4n) is 1.77. The molecule has 1 amide bonds. The number of anilines is 1. The maximum absolute atomic E-state index is 13.4. The summed E-state index contributed by atoms with van der Waals surface area (Å²) in [4.78, 5) is 22.1. The Morgan fingerprint density at radius 1 is 1.29 bits per heavy atom. The third-order valence-corrected chi connectivity index (χ3v) is 2.89. The van der Waals surface area contributed by atoms with Crippen molar-refractivity contribution in [3.63, 3.8) is 0 Å². The lowest BCUT2D eigenvalue weighted by atomic mass is 10.1. The number of nitro groups is 1. The predicted octanol–water partition coefficient (Wildman–Crippen LogP) is 2.25. The molecule has 0 saturated carbocycles. The number of halogens is 1. The second kappa shape index (κ2) is 6.00. The van der Waals surface area contributed by atoms with Crippen LogP contribution in [0.5, 0.6) is 0 Å². The van der Waals surface area contributed by atoms with Crippen molar-refractivity contribution >= 4 is 17.3 Å². The number of hydrogen-bond acceptors (Lipinski definition) is 4. The SMILES string of the molecule is Nc1ccc([N+](=O)[O-])cc1C(=O)NCc1ccccc1F. The second-order valence-corrected chi connectivity index (χ2v) is 4.30. The number of carbonyl (C=O) groups is 1. The van der Waals surface area contributed by atoms with Crippen molar-refractivity contribution in [3.05, 3.63) is 69.5 Å². The molecular weight excluding hydrogens is 277 g/mol. The van der Waals surface area contributed by atoms with E-state index < -0.39 is 16.6 Å². The summed E-state index contributed by atoms with van der Waals surface area (Å²) in [5.74, 6) is -1.04. The molecule has 7 heteroatoms. The van der Waals surface area contributed by atoms with Gasteiger partial charge in [-0.05, 0) is 12.1 Å². The van der Waals surface area contributed by atoms with Gasteiger partial charge in [0.1, 0.15) is 5.82 Å². The van der Waals surface area contributed by atoms with Crippen LogP contribution in [0.15, 0.2) is 42.5 Å². The third-order valence-electron chi connectivity index (χ3n) is 2.89. The maximum Gasteiger partial charge on any atom is 0.270 e. The number of amides is 1. The van der Waals surface area contributed by atoms with Gasteiger partial charge in [0.15, 0.2) is 0 Å². The molecule has 0 aliphatic rings. The molecule has 6 nitrogen and oxygen atoms in total. The molecule has 0 aliphatic heterocycles. The number of non-ortho nitro benzene ring substituents is 1. The van der Waals surface area contributed by atoms with Crippen LogP contribution in [0.2, 0.25) is 0 Å². The lowest BCUT2D eigenvalue weighted by Gasteiger charge is -2.08. The van der Waals surface area contributed by atoms with Crippen LogP contribution in [0, 0.1) is 15.9 Å². The van der Waals surface area contributed by atoms with Gasteiger partial charge in [0.2, 0.25) is 0 Å². The third kappa shape index (κ3) is 3.33. The van der Waals surface area contributed by atoms with Crippen LogP contribution < -0.4 is 11.1 Å². The first-order valence-corrected chi connectivity index (χ1v) is 6.04. The highest BCUT2D eigenvalue weighted by Gasteiger charge is 2.15. The molecule has 0 heterocycles. The van der Waals surface area contributed by atoms with Crippen LogP contribution in [0.25, 0.3) is 0 Å². The molecule has 108 valence electrons. The van der Waals surface area contributed by atoms with Crippen LogP contribution in [-0.2, 0) is 6.54 Å². The maximum atomic E-state index is 13.4. The van der Waals surface area contributed by atoms with E-state index in [4.69, 9.17) is 5.73 Å². The van der Waals surface area contributed by atoms with Gasteiger partial charge in [-0.25, -0.2) is 4.39 Å². The molecule has 0 aliphatic carbocycles. The Hall–Kier alpha value is -2.96. The summed E-state index contributed by atoms with van der Waals surface area (Å²) >= 11 is 0. The lowest BCUT2D eigenvalue weighted by molar-refractivity contribution is -0.384. The molecule has 0 bridgehead atoms. The van der Waals surface area contributed by atoms with E-state index in [2.05, 4.69) is 5.32 Å². The van der Waals surface area contributed by atoms with Gasteiger partial charge in [-0.2, -0.15) is 0 Å². The predicted molar refractivity (Wildman–Crippen MR) is 75.1 cm³/mol. The summed E-state index contributed by atoms with van der Waals surface area (Å²) in [5.41, 5.74) is 5.81.